The smallest absolute Gasteiger partial charge is 0.399 e. The van der Waals surface area contributed by atoms with Crippen molar-refractivity contribution in [2.75, 3.05) is 0 Å². The molecular weight excluding hydrogens is 447 g/mol. The monoisotopic (exact) mass is 492 g/mol. The summed E-state index contributed by atoms with van der Waals surface area (Å²) in [5, 5.41) is 0. The topological polar surface area (TPSA) is 36.9 Å². The fourth-order valence-electron chi connectivity index (χ4n) is 5.74. The highest BCUT2D eigenvalue weighted by atomic mass is 16.7. The fourth-order valence-corrected chi connectivity index (χ4v) is 5.74. The molecule has 0 spiro atoms. The van der Waals surface area contributed by atoms with E-state index < -0.39 is 0 Å². The highest BCUT2D eigenvalue weighted by Gasteiger charge is 2.52. The minimum Gasteiger partial charge on any atom is -0.399 e. The van der Waals surface area contributed by atoms with Crippen LogP contribution < -0.4 is 5.46 Å². The van der Waals surface area contributed by atoms with Crippen molar-refractivity contribution in [3.63, 3.8) is 0 Å². The third-order valence-corrected chi connectivity index (χ3v) is 9.08. The lowest BCUT2D eigenvalue weighted by molar-refractivity contribution is -0.197. The van der Waals surface area contributed by atoms with Gasteiger partial charge in [0.25, 0.3) is 0 Å². The summed E-state index contributed by atoms with van der Waals surface area (Å²) in [6.07, 6.45) is 1.28. The van der Waals surface area contributed by atoms with Gasteiger partial charge in [0, 0.05) is 5.92 Å². The number of ether oxygens (including phenoxy) is 2. The van der Waals surface area contributed by atoms with Crippen molar-refractivity contribution in [2.45, 2.75) is 111 Å². The molecular formula is C31H45BO4. The van der Waals surface area contributed by atoms with Crippen molar-refractivity contribution < 1.29 is 18.8 Å². The maximum Gasteiger partial charge on any atom is 0.494 e. The number of hydrogen-bond acceptors (Lipinski definition) is 4. The number of aryl methyl sites for hydroxylation is 1. The van der Waals surface area contributed by atoms with E-state index in [1.807, 2.05) is 6.07 Å². The van der Waals surface area contributed by atoms with E-state index >= 15 is 0 Å². The average molecular weight is 493 g/mol. The van der Waals surface area contributed by atoms with E-state index in [1.165, 1.54) is 16.7 Å². The molecule has 0 radical (unpaired) electrons. The quantitative estimate of drug-likeness (QED) is 0.417. The van der Waals surface area contributed by atoms with Crippen LogP contribution in [0, 0.1) is 18.8 Å². The first-order chi connectivity index (χ1) is 16.9. The molecule has 4 nitrogen and oxygen atoms in total. The van der Waals surface area contributed by atoms with E-state index in [0.29, 0.717) is 18.4 Å². The maximum absolute atomic E-state index is 6.80. The average Bonchev–Trinajstić information content (AvgIpc) is 3.06. The van der Waals surface area contributed by atoms with Gasteiger partial charge in [-0.25, -0.2) is 0 Å². The molecule has 2 aromatic rings. The molecule has 5 heteroatoms. The molecule has 0 saturated carbocycles. The van der Waals surface area contributed by atoms with Crippen LogP contribution in [-0.2, 0) is 25.4 Å². The van der Waals surface area contributed by atoms with Crippen molar-refractivity contribution in [3.8, 4) is 0 Å². The Morgan fingerprint density at radius 2 is 1.58 bits per heavy atom. The zero-order chi connectivity index (χ0) is 26.3. The lowest BCUT2D eigenvalue weighted by Gasteiger charge is -2.47. The summed E-state index contributed by atoms with van der Waals surface area (Å²) in [6, 6.07) is 17.1. The zero-order valence-electron chi connectivity index (χ0n) is 23.7. The number of hydrogen-bond donors (Lipinski definition) is 0. The predicted molar refractivity (Wildman–Crippen MR) is 148 cm³/mol. The van der Waals surface area contributed by atoms with Crippen LogP contribution in [0.3, 0.4) is 0 Å². The Morgan fingerprint density at radius 1 is 0.944 bits per heavy atom. The van der Waals surface area contributed by atoms with Gasteiger partial charge in [-0.3, -0.25) is 0 Å². The predicted octanol–water partition coefficient (Wildman–Crippen LogP) is 6.43. The minimum absolute atomic E-state index is 0.00809. The second-order valence-corrected chi connectivity index (χ2v) is 12.0. The molecule has 2 fully saturated rings. The summed E-state index contributed by atoms with van der Waals surface area (Å²) in [6.45, 7) is 20.3. The van der Waals surface area contributed by atoms with Crippen molar-refractivity contribution in [1.29, 1.82) is 0 Å². The van der Waals surface area contributed by atoms with Gasteiger partial charge in [-0.1, -0.05) is 76.2 Å². The van der Waals surface area contributed by atoms with Crippen molar-refractivity contribution in [2.24, 2.45) is 11.8 Å². The Balaban J connectivity index is 1.57. The molecule has 4 rings (SSSR count). The van der Waals surface area contributed by atoms with Crippen LogP contribution in [0.15, 0.2) is 48.5 Å². The third-order valence-electron chi connectivity index (χ3n) is 9.08. The SMILES string of the molecule is CCC1O[C@H]([C@H](C)c2ccc(B3OC(C)(C)C(C)(C)O3)cc2C)C(OCc2ccccc2)[C@@H](C)[C@@H]1C. The van der Waals surface area contributed by atoms with Crippen molar-refractivity contribution in [1.82, 2.24) is 0 Å². The molecule has 2 aliphatic rings. The van der Waals surface area contributed by atoms with Gasteiger partial charge < -0.3 is 18.8 Å². The molecule has 0 amide bonds. The Labute approximate surface area is 219 Å². The van der Waals surface area contributed by atoms with Gasteiger partial charge in [-0.2, -0.15) is 0 Å². The standard InChI is InChI=1S/C31H45BO4/c1-10-27-21(3)22(4)28(33-19-24-14-12-11-13-15-24)29(34-27)23(5)26-17-16-25(18-20(26)2)32-35-30(6,7)31(8,9)36-32/h11-18,21-23,27-29H,10,19H2,1-9H3/t21-,22-,23+,27?,28?,29+/m0/s1. The Kier molecular flexibility index (Phi) is 8.07. The van der Waals surface area contributed by atoms with Crippen LogP contribution in [0.2, 0.25) is 0 Å². The van der Waals surface area contributed by atoms with Gasteiger partial charge in [0.15, 0.2) is 0 Å². The number of rotatable bonds is 7. The van der Waals surface area contributed by atoms with Crippen molar-refractivity contribution in [3.05, 3.63) is 65.2 Å². The van der Waals surface area contributed by atoms with Crippen LogP contribution in [-0.4, -0.2) is 36.6 Å². The maximum atomic E-state index is 6.80. The first-order valence-electron chi connectivity index (χ1n) is 13.7. The lowest BCUT2D eigenvalue weighted by atomic mass is 9.74. The Hall–Kier alpha value is -1.66. The van der Waals surface area contributed by atoms with Crippen molar-refractivity contribution >= 4 is 12.6 Å². The summed E-state index contributed by atoms with van der Waals surface area (Å²) in [5.41, 5.74) is 4.10. The highest BCUT2D eigenvalue weighted by molar-refractivity contribution is 6.62. The third kappa shape index (κ3) is 5.31. The molecule has 0 bridgehead atoms. The Bertz CT molecular complexity index is 1000. The van der Waals surface area contributed by atoms with Crippen LogP contribution in [0.1, 0.15) is 84.4 Å². The molecule has 2 unspecified atom stereocenters. The van der Waals surface area contributed by atoms with Gasteiger partial charge in [0.1, 0.15) is 0 Å². The summed E-state index contributed by atoms with van der Waals surface area (Å²) in [4.78, 5) is 0. The molecule has 2 aromatic carbocycles. The normalized spacial score (nSPS) is 30.4. The van der Waals surface area contributed by atoms with Gasteiger partial charge in [0.2, 0.25) is 0 Å². The van der Waals surface area contributed by atoms with E-state index in [4.69, 9.17) is 18.8 Å². The highest BCUT2D eigenvalue weighted by Crippen LogP contribution is 2.41. The molecule has 2 heterocycles. The largest absolute Gasteiger partial charge is 0.494 e. The van der Waals surface area contributed by atoms with Gasteiger partial charge in [0.05, 0.1) is 36.1 Å². The van der Waals surface area contributed by atoms with Gasteiger partial charge >= 0.3 is 7.12 Å². The number of benzene rings is 2. The van der Waals surface area contributed by atoms with E-state index in [-0.39, 0.29) is 42.6 Å². The molecule has 2 saturated heterocycles. The first-order valence-corrected chi connectivity index (χ1v) is 13.7. The molecule has 196 valence electrons. The van der Waals surface area contributed by atoms with E-state index in [2.05, 4.69) is 105 Å². The van der Waals surface area contributed by atoms with Gasteiger partial charge in [-0.15, -0.1) is 0 Å². The summed E-state index contributed by atoms with van der Waals surface area (Å²) < 4.78 is 26.0. The zero-order valence-corrected chi connectivity index (χ0v) is 23.7. The van der Waals surface area contributed by atoms with E-state index in [0.717, 1.165) is 11.9 Å². The molecule has 0 aromatic heterocycles. The molecule has 36 heavy (non-hydrogen) atoms. The first kappa shape index (κ1) is 27.4. The Morgan fingerprint density at radius 3 is 2.17 bits per heavy atom. The molecule has 0 aliphatic carbocycles. The van der Waals surface area contributed by atoms with E-state index in [1.54, 1.807) is 0 Å². The minimum atomic E-state index is -0.351. The van der Waals surface area contributed by atoms with Gasteiger partial charge in [-0.05, 0) is 75.0 Å². The summed E-state index contributed by atoms with van der Waals surface area (Å²) >= 11 is 0. The second kappa shape index (κ2) is 10.6. The van der Waals surface area contributed by atoms with E-state index in [9.17, 15) is 0 Å². The van der Waals surface area contributed by atoms with Crippen LogP contribution >= 0.6 is 0 Å². The molecule has 6 atom stereocenters. The molecule has 0 N–H and O–H groups in total. The van der Waals surface area contributed by atoms with Crippen LogP contribution in [0.5, 0.6) is 0 Å². The summed E-state index contributed by atoms with van der Waals surface area (Å²) in [7, 11) is -0.351. The van der Waals surface area contributed by atoms with Crippen LogP contribution in [0.4, 0.5) is 0 Å². The second-order valence-electron chi connectivity index (χ2n) is 12.0. The molecule has 2 aliphatic heterocycles. The summed E-state index contributed by atoms with van der Waals surface area (Å²) in [5.74, 6) is 1.05. The fraction of sp³-hybridized carbons (Fsp3) is 0.613. The lowest BCUT2D eigenvalue weighted by Crippen LogP contribution is -2.52. The van der Waals surface area contributed by atoms with Crippen LogP contribution in [0.25, 0.3) is 0 Å².